The van der Waals surface area contributed by atoms with Crippen molar-refractivity contribution < 1.29 is 14.6 Å². The van der Waals surface area contributed by atoms with Crippen molar-refractivity contribution >= 4 is 5.91 Å². The zero-order valence-electron chi connectivity index (χ0n) is 17.5. The van der Waals surface area contributed by atoms with E-state index >= 15 is 0 Å². The molecule has 0 radical (unpaired) electrons. The molecule has 2 unspecified atom stereocenters. The predicted octanol–water partition coefficient (Wildman–Crippen LogP) is 4.95. The number of hydrogen-bond acceptors (Lipinski definition) is 3. The average Bonchev–Trinajstić information content (AvgIpc) is 2.58. The largest absolute Gasteiger partial charge is 0.494 e. The van der Waals surface area contributed by atoms with Gasteiger partial charge in [-0.1, -0.05) is 47.0 Å². The maximum absolute atomic E-state index is 12.5. The van der Waals surface area contributed by atoms with E-state index in [1.54, 1.807) is 0 Å². The third-order valence-corrected chi connectivity index (χ3v) is 5.48. The normalized spacial score (nSPS) is 24.4. The first-order valence-electron chi connectivity index (χ1n) is 10.4. The first-order chi connectivity index (χ1) is 12.7. The fourth-order valence-electron chi connectivity index (χ4n) is 4.53. The molecule has 0 aromatic heterocycles. The first-order valence-corrected chi connectivity index (χ1v) is 10.4. The number of unbranched alkanes of at least 4 members (excludes halogenated alkanes) is 3. The van der Waals surface area contributed by atoms with Gasteiger partial charge in [0.05, 0.1) is 12.7 Å². The number of aliphatic hydroxyl groups is 1. The summed E-state index contributed by atoms with van der Waals surface area (Å²) >= 11 is 0. The van der Waals surface area contributed by atoms with Crippen LogP contribution >= 0.6 is 0 Å². The van der Waals surface area contributed by atoms with Gasteiger partial charge in [-0.05, 0) is 60.8 Å². The molecule has 4 nitrogen and oxygen atoms in total. The highest BCUT2D eigenvalue weighted by Gasteiger charge is 2.40. The maximum atomic E-state index is 12.5. The monoisotopic (exact) mass is 375 g/mol. The standard InChI is InChI=1S/C23H37NO3/c1-5-6-7-8-13-27-20-11-9-18(10-12-20)21(26)24-17-23(4)15-19(25)14-22(2,3)16-23/h9-12,19,25H,5-8,13-17H2,1-4H3,(H,24,26). The number of ether oxygens (including phenoxy) is 1. The molecule has 1 amide bonds. The van der Waals surface area contributed by atoms with Crippen molar-refractivity contribution in [2.45, 2.75) is 78.7 Å². The van der Waals surface area contributed by atoms with Crippen molar-refractivity contribution in [3.05, 3.63) is 29.8 Å². The van der Waals surface area contributed by atoms with Gasteiger partial charge in [0.1, 0.15) is 5.75 Å². The second-order valence-electron chi connectivity index (χ2n) is 9.33. The van der Waals surface area contributed by atoms with Crippen LogP contribution < -0.4 is 10.1 Å². The second kappa shape index (κ2) is 9.59. The van der Waals surface area contributed by atoms with Crippen LogP contribution in [0.4, 0.5) is 0 Å². The minimum atomic E-state index is -0.288. The summed E-state index contributed by atoms with van der Waals surface area (Å²) in [6.45, 7) is 10.0. The second-order valence-corrected chi connectivity index (χ2v) is 9.33. The molecule has 1 aliphatic rings. The van der Waals surface area contributed by atoms with Gasteiger partial charge < -0.3 is 15.2 Å². The van der Waals surface area contributed by atoms with Gasteiger partial charge in [-0.25, -0.2) is 0 Å². The first kappa shape index (κ1) is 21.7. The summed E-state index contributed by atoms with van der Waals surface area (Å²) in [5, 5.41) is 13.2. The van der Waals surface area contributed by atoms with Crippen LogP contribution in [0, 0.1) is 10.8 Å². The molecule has 0 heterocycles. The number of nitrogens with one attached hydrogen (secondary N) is 1. The number of carbonyl (C=O) groups is 1. The molecular weight excluding hydrogens is 338 g/mol. The number of aliphatic hydroxyl groups excluding tert-OH is 1. The third-order valence-electron chi connectivity index (χ3n) is 5.48. The molecule has 1 aromatic carbocycles. The van der Waals surface area contributed by atoms with Gasteiger partial charge in [0, 0.05) is 12.1 Å². The lowest BCUT2D eigenvalue weighted by Crippen LogP contribution is -2.45. The van der Waals surface area contributed by atoms with Crippen LogP contribution in [0.15, 0.2) is 24.3 Å². The summed E-state index contributed by atoms with van der Waals surface area (Å²) in [6, 6.07) is 7.37. The number of amides is 1. The van der Waals surface area contributed by atoms with Crippen molar-refractivity contribution in [2.75, 3.05) is 13.2 Å². The van der Waals surface area contributed by atoms with Crippen LogP contribution in [0.5, 0.6) is 5.75 Å². The highest BCUT2D eigenvalue weighted by atomic mass is 16.5. The highest BCUT2D eigenvalue weighted by molar-refractivity contribution is 5.94. The van der Waals surface area contributed by atoms with Crippen LogP contribution in [0.1, 0.15) is 83.0 Å². The van der Waals surface area contributed by atoms with Gasteiger partial charge >= 0.3 is 0 Å². The van der Waals surface area contributed by atoms with E-state index in [2.05, 4.69) is 33.0 Å². The molecule has 1 fully saturated rings. The molecule has 1 saturated carbocycles. The average molecular weight is 376 g/mol. The van der Waals surface area contributed by atoms with Gasteiger partial charge in [-0.3, -0.25) is 4.79 Å². The Morgan fingerprint density at radius 1 is 1.15 bits per heavy atom. The van der Waals surface area contributed by atoms with Crippen molar-refractivity contribution in [3.63, 3.8) is 0 Å². The lowest BCUT2D eigenvalue weighted by Gasteiger charge is -2.45. The van der Waals surface area contributed by atoms with E-state index < -0.39 is 0 Å². The van der Waals surface area contributed by atoms with E-state index in [9.17, 15) is 9.90 Å². The van der Waals surface area contributed by atoms with Gasteiger partial charge in [-0.15, -0.1) is 0 Å². The van der Waals surface area contributed by atoms with Crippen LogP contribution in [-0.4, -0.2) is 30.3 Å². The van der Waals surface area contributed by atoms with E-state index in [1.165, 1.54) is 19.3 Å². The summed E-state index contributed by atoms with van der Waals surface area (Å²) in [6.07, 6.45) is 7.01. The topological polar surface area (TPSA) is 58.6 Å². The molecule has 1 aromatic rings. The quantitative estimate of drug-likeness (QED) is 0.600. The summed E-state index contributed by atoms with van der Waals surface area (Å²) in [5.41, 5.74) is 0.679. The Morgan fingerprint density at radius 2 is 1.85 bits per heavy atom. The Labute approximate surface area is 164 Å². The fraction of sp³-hybridized carbons (Fsp3) is 0.696. The molecule has 27 heavy (non-hydrogen) atoms. The Balaban J connectivity index is 1.82. The molecule has 152 valence electrons. The smallest absolute Gasteiger partial charge is 0.251 e. The predicted molar refractivity (Wildman–Crippen MR) is 110 cm³/mol. The molecule has 0 aliphatic heterocycles. The molecular formula is C23H37NO3. The maximum Gasteiger partial charge on any atom is 0.251 e. The van der Waals surface area contributed by atoms with Gasteiger partial charge in [0.25, 0.3) is 5.91 Å². The van der Waals surface area contributed by atoms with Crippen molar-refractivity contribution in [3.8, 4) is 5.75 Å². The van der Waals surface area contributed by atoms with Gasteiger partial charge in [-0.2, -0.15) is 0 Å². The van der Waals surface area contributed by atoms with Crippen LogP contribution in [0.2, 0.25) is 0 Å². The van der Waals surface area contributed by atoms with Crippen LogP contribution in [0.25, 0.3) is 0 Å². The molecule has 2 atom stereocenters. The number of carbonyl (C=O) groups excluding carboxylic acids is 1. The SMILES string of the molecule is CCCCCCOc1ccc(C(=O)NCC2(C)CC(O)CC(C)(C)C2)cc1. The molecule has 1 aliphatic carbocycles. The fourth-order valence-corrected chi connectivity index (χ4v) is 4.53. The van der Waals surface area contributed by atoms with Crippen molar-refractivity contribution in [1.29, 1.82) is 0 Å². The lowest BCUT2D eigenvalue weighted by atomic mass is 9.63. The minimum Gasteiger partial charge on any atom is -0.494 e. The summed E-state index contributed by atoms with van der Waals surface area (Å²) in [7, 11) is 0. The Bertz CT molecular complexity index is 596. The summed E-state index contributed by atoms with van der Waals surface area (Å²) in [4.78, 5) is 12.5. The van der Waals surface area contributed by atoms with E-state index in [0.29, 0.717) is 12.1 Å². The molecule has 0 spiro atoms. The summed E-state index contributed by atoms with van der Waals surface area (Å²) < 4.78 is 5.73. The van der Waals surface area contributed by atoms with E-state index in [0.717, 1.165) is 38.0 Å². The number of rotatable bonds is 9. The minimum absolute atomic E-state index is 0.0661. The molecule has 0 saturated heterocycles. The summed E-state index contributed by atoms with van der Waals surface area (Å²) in [5.74, 6) is 0.746. The zero-order valence-corrected chi connectivity index (χ0v) is 17.5. The number of hydrogen-bond donors (Lipinski definition) is 2. The highest BCUT2D eigenvalue weighted by Crippen LogP contribution is 2.45. The molecule has 2 rings (SSSR count). The molecule has 4 heteroatoms. The Morgan fingerprint density at radius 3 is 2.48 bits per heavy atom. The van der Waals surface area contributed by atoms with E-state index in [-0.39, 0.29) is 22.8 Å². The third kappa shape index (κ3) is 7.17. The molecule has 0 bridgehead atoms. The number of benzene rings is 1. The van der Waals surface area contributed by atoms with Crippen molar-refractivity contribution in [1.82, 2.24) is 5.32 Å². The van der Waals surface area contributed by atoms with E-state index in [1.807, 2.05) is 24.3 Å². The Hall–Kier alpha value is -1.55. The van der Waals surface area contributed by atoms with Crippen LogP contribution in [-0.2, 0) is 0 Å². The van der Waals surface area contributed by atoms with Gasteiger partial charge in [0.15, 0.2) is 0 Å². The molecule has 2 N–H and O–H groups in total. The van der Waals surface area contributed by atoms with Gasteiger partial charge in [0.2, 0.25) is 0 Å². The van der Waals surface area contributed by atoms with E-state index in [4.69, 9.17) is 4.74 Å². The van der Waals surface area contributed by atoms with Crippen LogP contribution in [0.3, 0.4) is 0 Å². The van der Waals surface area contributed by atoms with Crippen molar-refractivity contribution in [2.24, 2.45) is 10.8 Å². The lowest BCUT2D eigenvalue weighted by molar-refractivity contribution is -0.00839. The zero-order chi connectivity index (χ0) is 19.9. The Kier molecular flexibility index (Phi) is 7.72.